The molecule has 0 aromatic carbocycles. The molecule has 0 aliphatic carbocycles. The zero-order valence-corrected chi connectivity index (χ0v) is 13.3. The Morgan fingerprint density at radius 1 is 1.15 bits per heavy atom. The Hall–Kier alpha value is -1.20. The molecule has 114 valence electrons. The first kappa shape index (κ1) is 16.9. The number of hydrogen-bond acceptors (Lipinski definition) is 4. The first-order chi connectivity index (χ1) is 9.22. The molecule has 1 rings (SSSR count). The van der Waals surface area contributed by atoms with E-state index in [9.17, 15) is 9.59 Å². The van der Waals surface area contributed by atoms with E-state index in [2.05, 4.69) is 0 Å². The molecule has 0 N–H and O–H groups in total. The van der Waals surface area contributed by atoms with Crippen LogP contribution in [0.3, 0.4) is 0 Å². The highest BCUT2D eigenvalue weighted by Crippen LogP contribution is 2.24. The largest absolute Gasteiger partial charge is 0.379 e. The third-order valence-corrected chi connectivity index (χ3v) is 3.32. The lowest BCUT2D eigenvalue weighted by Crippen LogP contribution is -2.50. The molecule has 1 unspecified atom stereocenters. The van der Waals surface area contributed by atoms with Crippen LogP contribution in [-0.4, -0.2) is 48.2 Å². The van der Waals surface area contributed by atoms with E-state index in [0.29, 0.717) is 24.4 Å². The van der Waals surface area contributed by atoms with Crippen LogP contribution in [0.15, 0.2) is 11.1 Å². The highest BCUT2D eigenvalue weighted by atomic mass is 16.5. The monoisotopic (exact) mass is 283 g/mol. The van der Waals surface area contributed by atoms with Gasteiger partial charge in [0.2, 0.25) is 0 Å². The van der Waals surface area contributed by atoms with Gasteiger partial charge in [0.15, 0.2) is 0 Å². The molecule has 0 saturated carbocycles. The Labute approximate surface area is 120 Å². The number of hydrogen-bond donors (Lipinski definition) is 0. The van der Waals surface area contributed by atoms with Crippen LogP contribution in [0.2, 0.25) is 0 Å². The summed E-state index contributed by atoms with van der Waals surface area (Å²) in [5.41, 5.74) is 0.331. The van der Waals surface area contributed by atoms with Crippen LogP contribution in [0.4, 0.5) is 0 Å². The Morgan fingerprint density at radius 2 is 1.65 bits per heavy atom. The molecule has 0 fully saturated rings. The molecule has 1 heterocycles. The predicted octanol–water partition coefficient (Wildman–Crippen LogP) is 1.91. The van der Waals surface area contributed by atoms with E-state index >= 15 is 0 Å². The minimum atomic E-state index is -0.694. The van der Waals surface area contributed by atoms with E-state index in [0.717, 1.165) is 0 Å². The fraction of sp³-hybridized carbons (Fsp3) is 0.733. The number of amides is 2. The summed E-state index contributed by atoms with van der Waals surface area (Å²) in [5.74, 6) is -0.467. The van der Waals surface area contributed by atoms with Gasteiger partial charge in [-0.3, -0.25) is 14.5 Å². The van der Waals surface area contributed by atoms with Gasteiger partial charge in [-0.2, -0.15) is 0 Å². The zero-order valence-electron chi connectivity index (χ0n) is 13.3. The minimum Gasteiger partial charge on any atom is -0.379 e. The Balaban J connectivity index is 2.86. The fourth-order valence-corrected chi connectivity index (χ4v) is 2.30. The molecule has 1 atom stereocenters. The highest BCUT2D eigenvalue weighted by Gasteiger charge is 2.39. The van der Waals surface area contributed by atoms with Gasteiger partial charge in [0, 0.05) is 17.8 Å². The van der Waals surface area contributed by atoms with Gasteiger partial charge >= 0.3 is 0 Å². The molecule has 1 aliphatic rings. The van der Waals surface area contributed by atoms with Crippen molar-refractivity contribution < 1.29 is 19.1 Å². The lowest BCUT2D eigenvalue weighted by molar-refractivity contribution is -0.152. The average molecular weight is 283 g/mol. The van der Waals surface area contributed by atoms with Crippen LogP contribution in [0.1, 0.15) is 41.5 Å². The molecule has 0 aromatic rings. The van der Waals surface area contributed by atoms with E-state index in [1.54, 1.807) is 13.8 Å². The molecule has 5 heteroatoms. The Morgan fingerprint density at radius 3 is 2.05 bits per heavy atom. The number of nitrogens with zero attached hydrogens (tertiary/aromatic N) is 1. The molecule has 0 radical (unpaired) electrons. The second kappa shape index (κ2) is 6.50. The molecule has 0 bridgehead atoms. The normalized spacial score (nSPS) is 19.2. The molecule has 2 amide bonds. The summed E-state index contributed by atoms with van der Waals surface area (Å²) in [6.07, 6.45) is -0.0107. The zero-order chi connectivity index (χ0) is 15.5. The van der Waals surface area contributed by atoms with Gasteiger partial charge in [-0.1, -0.05) is 0 Å². The van der Waals surface area contributed by atoms with Gasteiger partial charge in [-0.25, -0.2) is 0 Å². The van der Waals surface area contributed by atoms with Crippen molar-refractivity contribution in [3.63, 3.8) is 0 Å². The Bertz CT molecular complexity index is 404. The summed E-state index contributed by atoms with van der Waals surface area (Å²) in [7, 11) is 0. The van der Waals surface area contributed by atoms with Crippen LogP contribution in [-0.2, 0) is 19.1 Å². The van der Waals surface area contributed by atoms with Crippen molar-refractivity contribution in [1.82, 2.24) is 4.90 Å². The molecule has 0 saturated heterocycles. The summed E-state index contributed by atoms with van der Waals surface area (Å²) in [6.45, 7) is 12.1. The molecule has 5 nitrogen and oxygen atoms in total. The van der Waals surface area contributed by atoms with E-state index < -0.39 is 5.60 Å². The van der Waals surface area contributed by atoms with Gasteiger partial charge in [0.1, 0.15) is 5.60 Å². The van der Waals surface area contributed by atoms with E-state index in [1.807, 2.05) is 27.7 Å². The lowest BCUT2D eigenvalue weighted by atomic mass is 10.1. The van der Waals surface area contributed by atoms with E-state index in [4.69, 9.17) is 9.47 Å². The topological polar surface area (TPSA) is 55.8 Å². The maximum Gasteiger partial charge on any atom is 0.256 e. The van der Waals surface area contributed by atoms with E-state index in [1.165, 1.54) is 4.90 Å². The van der Waals surface area contributed by atoms with Gasteiger partial charge < -0.3 is 9.47 Å². The third-order valence-electron chi connectivity index (χ3n) is 3.32. The van der Waals surface area contributed by atoms with Crippen LogP contribution < -0.4 is 0 Å². The maximum absolute atomic E-state index is 12.1. The number of rotatable bonds is 7. The van der Waals surface area contributed by atoms with Crippen LogP contribution >= 0.6 is 0 Å². The number of ether oxygens (including phenoxy) is 2. The van der Waals surface area contributed by atoms with Gasteiger partial charge in [-0.05, 0) is 41.5 Å². The first-order valence-corrected chi connectivity index (χ1v) is 7.01. The SMILES string of the molecule is CCOCC(C)(CN1C(=O)C(C)=C(C)C1=O)OC(C)C. The summed E-state index contributed by atoms with van der Waals surface area (Å²) < 4.78 is 11.3. The van der Waals surface area contributed by atoms with Crippen molar-refractivity contribution >= 4 is 11.8 Å². The number of imide groups is 1. The van der Waals surface area contributed by atoms with Gasteiger partial charge in [0.25, 0.3) is 11.8 Å². The summed E-state index contributed by atoms with van der Waals surface area (Å²) >= 11 is 0. The third kappa shape index (κ3) is 3.67. The lowest BCUT2D eigenvalue weighted by Gasteiger charge is -2.34. The minimum absolute atomic E-state index is 0.0107. The second-order valence-electron chi connectivity index (χ2n) is 5.70. The smallest absolute Gasteiger partial charge is 0.256 e. The molecule has 0 spiro atoms. The van der Waals surface area contributed by atoms with Crippen molar-refractivity contribution in [2.24, 2.45) is 0 Å². The highest BCUT2D eigenvalue weighted by molar-refractivity contribution is 6.18. The summed E-state index contributed by atoms with van der Waals surface area (Å²) in [4.78, 5) is 25.5. The maximum atomic E-state index is 12.1. The first-order valence-electron chi connectivity index (χ1n) is 7.01. The standard InChI is InChI=1S/C15H25NO4/c1-7-19-9-15(6,20-10(2)3)8-16-13(17)11(4)12(5)14(16)18/h10H,7-9H2,1-6H3. The van der Waals surface area contributed by atoms with Crippen molar-refractivity contribution in [2.75, 3.05) is 19.8 Å². The second-order valence-corrected chi connectivity index (χ2v) is 5.70. The molecule has 1 aliphatic heterocycles. The molecular weight excluding hydrogens is 258 g/mol. The van der Waals surface area contributed by atoms with Gasteiger partial charge in [-0.15, -0.1) is 0 Å². The van der Waals surface area contributed by atoms with Crippen molar-refractivity contribution in [3.8, 4) is 0 Å². The molecular formula is C15H25NO4. The Kier molecular flexibility index (Phi) is 5.48. The molecule has 0 aromatic heterocycles. The fourth-order valence-electron chi connectivity index (χ4n) is 2.30. The predicted molar refractivity (Wildman–Crippen MR) is 76.2 cm³/mol. The van der Waals surface area contributed by atoms with Crippen molar-refractivity contribution in [1.29, 1.82) is 0 Å². The van der Waals surface area contributed by atoms with Crippen LogP contribution in [0, 0.1) is 0 Å². The number of carbonyl (C=O) groups excluding carboxylic acids is 2. The van der Waals surface area contributed by atoms with Crippen molar-refractivity contribution in [3.05, 3.63) is 11.1 Å². The quantitative estimate of drug-likeness (QED) is 0.670. The average Bonchev–Trinajstić information content (AvgIpc) is 2.53. The summed E-state index contributed by atoms with van der Waals surface area (Å²) in [6, 6.07) is 0. The van der Waals surface area contributed by atoms with Crippen molar-refractivity contribution in [2.45, 2.75) is 53.2 Å². The van der Waals surface area contributed by atoms with Crippen LogP contribution in [0.5, 0.6) is 0 Å². The van der Waals surface area contributed by atoms with Gasteiger partial charge in [0.05, 0.1) is 19.3 Å². The molecule has 20 heavy (non-hydrogen) atoms. The number of carbonyl (C=O) groups is 2. The van der Waals surface area contributed by atoms with E-state index in [-0.39, 0.29) is 24.5 Å². The summed E-state index contributed by atoms with van der Waals surface area (Å²) in [5, 5.41) is 0. The van der Waals surface area contributed by atoms with Crippen LogP contribution in [0.25, 0.3) is 0 Å².